The van der Waals surface area contributed by atoms with E-state index in [1.54, 1.807) is 0 Å². The van der Waals surface area contributed by atoms with Crippen molar-refractivity contribution in [1.29, 1.82) is 0 Å². The highest BCUT2D eigenvalue weighted by Gasteiger charge is 2.38. The van der Waals surface area contributed by atoms with Crippen LogP contribution < -0.4 is 5.32 Å². The molecule has 5 nitrogen and oxygen atoms in total. The van der Waals surface area contributed by atoms with Crippen molar-refractivity contribution >= 4 is 5.91 Å². The molecule has 1 heterocycles. The molecule has 5 heteroatoms. The fraction of sp³-hybridized carbons (Fsp3) is 0.842. The molecule has 3 atom stereocenters. The Kier molecular flexibility index (Phi) is 6.69. The highest BCUT2D eigenvalue weighted by atomic mass is 16.5. The van der Waals surface area contributed by atoms with E-state index in [9.17, 15) is 9.90 Å². The van der Waals surface area contributed by atoms with E-state index in [0.717, 1.165) is 38.8 Å². The minimum atomic E-state index is -0.236. The Hall–Kier alpha value is -0.910. The van der Waals surface area contributed by atoms with Gasteiger partial charge in [-0.2, -0.15) is 0 Å². The number of aliphatic hydroxyl groups excluding tert-OH is 1. The Bertz CT molecular complexity index is 452. The maximum absolute atomic E-state index is 12.3. The molecule has 24 heavy (non-hydrogen) atoms. The van der Waals surface area contributed by atoms with Crippen LogP contribution in [0.4, 0.5) is 0 Å². The third-order valence-electron chi connectivity index (χ3n) is 5.81. The summed E-state index contributed by atoms with van der Waals surface area (Å²) in [5.41, 5.74) is 1.50. The fourth-order valence-electron chi connectivity index (χ4n) is 4.40. The van der Waals surface area contributed by atoms with Crippen LogP contribution in [0.1, 0.15) is 51.4 Å². The molecule has 2 fully saturated rings. The molecule has 0 aromatic rings. The Morgan fingerprint density at radius 2 is 2.25 bits per heavy atom. The molecule has 0 aromatic heterocycles. The van der Waals surface area contributed by atoms with E-state index in [4.69, 9.17) is 4.74 Å². The minimum Gasteiger partial charge on any atom is -0.393 e. The summed E-state index contributed by atoms with van der Waals surface area (Å²) in [6, 6.07) is 0.183. The smallest absolute Gasteiger partial charge is 0.234 e. The van der Waals surface area contributed by atoms with E-state index < -0.39 is 0 Å². The molecule has 0 aromatic carbocycles. The molecular formula is C19H32N2O3. The van der Waals surface area contributed by atoms with Crippen LogP contribution in [-0.2, 0) is 9.53 Å². The van der Waals surface area contributed by atoms with E-state index in [2.05, 4.69) is 16.3 Å². The zero-order valence-corrected chi connectivity index (χ0v) is 14.7. The van der Waals surface area contributed by atoms with E-state index in [-0.39, 0.29) is 24.0 Å². The predicted octanol–water partition coefficient (Wildman–Crippen LogP) is 1.85. The molecule has 3 rings (SSSR count). The van der Waals surface area contributed by atoms with Gasteiger partial charge in [-0.1, -0.05) is 18.1 Å². The van der Waals surface area contributed by atoms with Crippen molar-refractivity contribution in [3.8, 4) is 0 Å². The summed E-state index contributed by atoms with van der Waals surface area (Å²) >= 11 is 0. The van der Waals surface area contributed by atoms with Gasteiger partial charge in [0.05, 0.1) is 25.9 Å². The maximum atomic E-state index is 12.3. The average molecular weight is 336 g/mol. The van der Waals surface area contributed by atoms with Crippen molar-refractivity contribution in [1.82, 2.24) is 10.2 Å². The van der Waals surface area contributed by atoms with Crippen LogP contribution in [0.15, 0.2) is 11.6 Å². The van der Waals surface area contributed by atoms with Crippen molar-refractivity contribution in [3.05, 3.63) is 11.6 Å². The quantitative estimate of drug-likeness (QED) is 0.727. The summed E-state index contributed by atoms with van der Waals surface area (Å²) in [6.07, 6.45) is 11.1. The van der Waals surface area contributed by atoms with Gasteiger partial charge >= 0.3 is 0 Å². The molecule has 0 spiro atoms. The standard InChI is InChI=1S/C19H32N2O3/c22-18-8-4-7-16(18)17-14-24-12-11-21(17)13-19(23)20-10-9-15-5-2-1-3-6-15/h5,16-18,22H,1-4,6-14H2,(H,20,23)/t16-,17+,18+/m0/s1. The number of amides is 1. The van der Waals surface area contributed by atoms with Crippen molar-refractivity contribution in [3.63, 3.8) is 0 Å². The molecule has 1 saturated heterocycles. The minimum absolute atomic E-state index is 0.103. The second kappa shape index (κ2) is 8.97. The molecule has 136 valence electrons. The van der Waals surface area contributed by atoms with Crippen LogP contribution in [0.3, 0.4) is 0 Å². The monoisotopic (exact) mass is 336 g/mol. The van der Waals surface area contributed by atoms with Gasteiger partial charge in [-0.15, -0.1) is 0 Å². The van der Waals surface area contributed by atoms with Crippen molar-refractivity contribution in [2.45, 2.75) is 63.5 Å². The first-order valence-electron chi connectivity index (χ1n) is 9.68. The molecule has 0 unspecified atom stereocenters. The van der Waals surface area contributed by atoms with Gasteiger partial charge in [-0.3, -0.25) is 9.69 Å². The zero-order valence-electron chi connectivity index (χ0n) is 14.7. The van der Waals surface area contributed by atoms with Crippen molar-refractivity contribution in [2.75, 3.05) is 32.8 Å². The Morgan fingerprint density at radius 1 is 1.33 bits per heavy atom. The topological polar surface area (TPSA) is 61.8 Å². The molecule has 2 aliphatic carbocycles. The van der Waals surface area contributed by atoms with Gasteiger partial charge in [0.1, 0.15) is 0 Å². The number of hydrogen-bond acceptors (Lipinski definition) is 4. The van der Waals surface area contributed by atoms with Gasteiger partial charge in [-0.25, -0.2) is 0 Å². The number of nitrogens with zero attached hydrogens (tertiary/aromatic N) is 1. The van der Waals surface area contributed by atoms with Gasteiger partial charge in [0.15, 0.2) is 0 Å². The van der Waals surface area contributed by atoms with Gasteiger partial charge in [0, 0.05) is 25.0 Å². The average Bonchev–Trinajstić information content (AvgIpc) is 3.02. The largest absolute Gasteiger partial charge is 0.393 e. The molecule has 3 aliphatic rings. The highest BCUT2D eigenvalue weighted by molar-refractivity contribution is 5.78. The summed E-state index contributed by atoms with van der Waals surface area (Å²) in [7, 11) is 0. The summed E-state index contributed by atoms with van der Waals surface area (Å²) in [5.74, 6) is 0.358. The normalized spacial score (nSPS) is 31.7. The lowest BCUT2D eigenvalue weighted by atomic mass is 9.94. The van der Waals surface area contributed by atoms with E-state index in [1.807, 2.05) is 0 Å². The number of ether oxygens (including phenoxy) is 1. The lowest BCUT2D eigenvalue weighted by molar-refractivity contribution is -0.126. The van der Waals surface area contributed by atoms with Crippen LogP contribution in [0.25, 0.3) is 0 Å². The third-order valence-corrected chi connectivity index (χ3v) is 5.81. The number of aliphatic hydroxyl groups is 1. The van der Waals surface area contributed by atoms with Crippen LogP contribution >= 0.6 is 0 Å². The Labute approximate surface area is 145 Å². The number of carbonyl (C=O) groups is 1. The molecule has 1 amide bonds. The van der Waals surface area contributed by atoms with Gasteiger partial charge in [0.25, 0.3) is 0 Å². The SMILES string of the molecule is O=C(CN1CCOC[C@@H]1[C@@H]1CCC[C@H]1O)NCCC1=CCCCC1. The van der Waals surface area contributed by atoms with Crippen LogP contribution in [0, 0.1) is 5.92 Å². The lowest BCUT2D eigenvalue weighted by Gasteiger charge is -2.39. The zero-order chi connectivity index (χ0) is 16.8. The number of rotatable bonds is 6. The van der Waals surface area contributed by atoms with Gasteiger partial charge in [-0.05, 0) is 44.9 Å². The van der Waals surface area contributed by atoms with E-state index >= 15 is 0 Å². The molecule has 0 bridgehead atoms. The highest BCUT2D eigenvalue weighted by Crippen LogP contribution is 2.32. The Morgan fingerprint density at radius 3 is 3.00 bits per heavy atom. The number of carbonyl (C=O) groups excluding carboxylic acids is 1. The van der Waals surface area contributed by atoms with Gasteiger partial charge in [0.2, 0.25) is 5.91 Å². The van der Waals surface area contributed by atoms with Crippen LogP contribution in [-0.4, -0.2) is 60.9 Å². The third kappa shape index (κ3) is 4.80. The van der Waals surface area contributed by atoms with Crippen LogP contribution in [0.2, 0.25) is 0 Å². The van der Waals surface area contributed by atoms with E-state index in [1.165, 1.54) is 31.3 Å². The molecular weight excluding hydrogens is 304 g/mol. The van der Waals surface area contributed by atoms with Crippen LogP contribution in [0.5, 0.6) is 0 Å². The molecule has 2 N–H and O–H groups in total. The summed E-state index contributed by atoms with van der Waals surface area (Å²) in [6.45, 7) is 3.27. The second-order valence-corrected chi connectivity index (χ2v) is 7.48. The molecule has 1 aliphatic heterocycles. The number of allylic oxidation sites excluding steroid dienone is 1. The molecule has 1 saturated carbocycles. The number of nitrogens with one attached hydrogen (secondary N) is 1. The first-order valence-corrected chi connectivity index (χ1v) is 9.68. The van der Waals surface area contributed by atoms with E-state index in [0.29, 0.717) is 19.8 Å². The lowest BCUT2D eigenvalue weighted by Crippen LogP contribution is -2.54. The first kappa shape index (κ1) is 17.9. The molecule has 0 radical (unpaired) electrons. The summed E-state index contributed by atoms with van der Waals surface area (Å²) in [4.78, 5) is 14.5. The summed E-state index contributed by atoms with van der Waals surface area (Å²) < 4.78 is 5.62. The number of morpholine rings is 1. The van der Waals surface area contributed by atoms with Gasteiger partial charge < -0.3 is 15.2 Å². The first-order chi connectivity index (χ1) is 11.7. The predicted molar refractivity (Wildman–Crippen MR) is 93.7 cm³/mol. The fourth-order valence-corrected chi connectivity index (χ4v) is 4.40. The summed E-state index contributed by atoms with van der Waals surface area (Å²) in [5, 5.41) is 13.3. The number of hydrogen-bond donors (Lipinski definition) is 2. The van der Waals surface area contributed by atoms with Crippen molar-refractivity contribution in [2.24, 2.45) is 5.92 Å². The Balaban J connectivity index is 1.44. The van der Waals surface area contributed by atoms with Crippen molar-refractivity contribution < 1.29 is 14.6 Å². The maximum Gasteiger partial charge on any atom is 0.234 e. The second-order valence-electron chi connectivity index (χ2n) is 7.48.